The summed E-state index contributed by atoms with van der Waals surface area (Å²) in [6.07, 6.45) is 0. The molecule has 0 bridgehead atoms. The number of nitrogens with zero attached hydrogens (tertiary/aromatic N) is 2. The van der Waals surface area contributed by atoms with Gasteiger partial charge in [0.05, 0.1) is 23.0 Å². The van der Waals surface area contributed by atoms with Gasteiger partial charge in [0.15, 0.2) is 0 Å². The molecular formula is C26H20Cl2N3NaO6S. The first-order valence-corrected chi connectivity index (χ1v) is 13.3. The molecule has 0 aliphatic carbocycles. The maximum atomic E-state index is 13.4. The van der Waals surface area contributed by atoms with Crippen molar-refractivity contribution >= 4 is 67.1 Å². The minimum Gasteiger partial charge on any atom is -0.870 e. The monoisotopic (exact) mass is 595 g/mol. The molecule has 0 saturated heterocycles. The van der Waals surface area contributed by atoms with Crippen LogP contribution in [0.25, 0.3) is 10.8 Å². The fraction of sp³-hybridized carbons (Fsp3) is 0.115. The molecule has 39 heavy (non-hydrogen) atoms. The van der Waals surface area contributed by atoms with Crippen LogP contribution in [0.2, 0.25) is 10.0 Å². The minimum absolute atomic E-state index is 0. The molecule has 13 heteroatoms. The summed E-state index contributed by atoms with van der Waals surface area (Å²) in [5, 5.41) is 25.3. The van der Waals surface area contributed by atoms with E-state index in [0.29, 0.717) is 28.7 Å². The molecule has 0 heterocycles. The topological polar surface area (TPSA) is 140 Å². The van der Waals surface area contributed by atoms with Crippen LogP contribution in [-0.2, 0) is 10.1 Å². The van der Waals surface area contributed by atoms with Gasteiger partial charge in [-0.15, -0.1) is 5.11 Å². The van der Waals surface area contributed by atoms with E-state index in [4.69, 9.17) is 27.9 Å². The second-order valence-electron chi connectivity index (χ2n) is 8.10. The van der Waals surface area contributed by atoms with Gasteiger partial charge >= 0.3 is 29.6 Å². The number of halogens is 2. The second-order valence-corrected chi connectivity index (χ2v) is 10.3. The van der Waals surface area contributed by atoms with E-state index >= 15 is 0 Å². The number of hydrogen-bond donors (Lipinski definition) is 2. The molecule has 0 aliphatic heterocycles. The summed E-state index contributed by atoms with van der Waals surface area (Å²) in [7, 11) is -4.68. The zero-order chi connectivity index (χ0) is 27.6. The third-order valence-electron chi connectivity index (χ3n) is 5.49. The van der Waals surface area contributed by atoms with Gasteiger partial charge in [0.25, 0.3) is 16.0 Å². The van der Waals surface area contributed by atoms with Crippen LogP contribution in [0.1, 0.15) is 22.8 Å². The molecule has 0 spiro atoms. The van der Waals surface area contributed by atoms with E-state index in [9.17, 15) is 22.9 Å². The molecule has 0 radical (unpaired) electrons. The molecule has 0 fully saturated rings. The van der Waals surface area contributed by atoms with Gasteiger partial charge < -0.3 is 15.2 Å². The summed E-state index contributed by atoms with van der Waals surface area (Å²) in [5.74, 6) is -1.02. The molecule has 1 amide bonds. The number of rotatable bonds is 7. The Morgan fingerprint density at radius 1 is 1.05 bits per heavy atom. The zero-order valence-electron chi connectivity index (χ0n) is 21.0. The van der Waals surface area contributed by atoms with Crippen molar-refractivity contribution in [1.82, 2.24) is 0 Å². The SMILES string of the molecule is CCOc1ccc(Cl)c(NC(=O)c2cc3ccccc3c(N=Nc3cc(Cl)c(C)cc3S(=O)(=O)O)c2[O-])c1.[Na+]. The number of azo groups is 1. The number of aryl methyl sites for hydroxylation is 1. The standard InChI is InChI=1S/C26H21Cl2N3O6S.Na/c1-3-37-16-8-9-19(27)21(12-16)29-26(33)18-11-15-6-4-5-7-17(15)24(25(18)32)31-30-22-13-20(28)14(2)10-23(22)38(34,35)36;/h4-13,32H,3H2,1-2H3,(H,29,33)(H,34,35,36);/q;+1/p-1. The third-order valence-corrected chi connectivity index (χ3v) is 7.11. The summed E-state index contributed by atoms with van der Waals surface area (Å²) in [6.45, 7) is 3.77. The predicted octanol–water partition coefficient (Wildman–Crippen LogP) is 3.85. The molecule has 2 N–H and O–H groups in total. The van der Waals surface area contributed by atoms with E-state index < -0.39 is 26.7 Å². The van der Waals surface area contributed by atoms with E-state index in [1.165, 1.54) is 18.2 Å². The van der Waals surface area contributed by atoms with Crippen LogP contribution in [0.3, 0.4) is 0 Å². The molecule has 9 nitrogen and oxygen atoms in total. The van der Waals surface area contributed by atoms with Gasteiger partial charge in [0.1, 0.15) is 16.3 Å². The Bertz CT molecular complexity index is 1710. The number of fused-ring (bicyclic) bond motifs is 1. The van der Waals surface area contributed by atoms with E-state index in [-0.39, 0.29) is 62.2 Å². The maximum Gasteiger partial charge on any atom is 1.00 e. The van der Waals surface area contributed by atoms with Crippen molar-refractivity contribution in [2.75, 3.05) is 11.9 Å². The molecular weight excluding hydrogens is 576 g/mol. The zero-order valence-corrected chi connectivity index (χ0v) is 25.4. The summed E-state index contributed by atoms with van der Waals surface area (Å²) < 4.78 is 38.9. The van der Waals surface area contributed by atoms with Crippen LogP contribution in [0.4, 0.5) is 17.1 Å². The molecule has 196 valence electrons. The predicted molar refractivity (Wildman–Crippen MR) is 144 cm³/mol. The summed E-state index contributed by atoms with van der Waals surface area (Å²) in [5.41, 5.74) is -0.0989. The Labute approximate surface area is 256 Å². The number of benzene rings is 4. The third kappa shape index (κ3) is 6.90. The maximum absolute atomic E-state index is 13.4. The largest absolute Gasteiger partial charge is 1.00 e. The average Bonchev–Trinajstić information content (AvgIpc) is 2.86. The number of hydrogen-bond acceptors (Lipinski definition) is 7. The van der Waals surface area contributed by atoms with Crippen molar-refractivity contribution < 1.29 is 57.2 Å². The molecule has 0 unspecified atom stereocenters. The summed E-state index contributed by atoms with van der Waals surface area (Å²) >= 11 is 12.3. The van der Waals surface area contributed by atoms with Crippen LogP contribution in [0, 0.1) is 6.92 Å². The first-order chi connectivity index (χ1) is 18.0. The van der Waals surface area contributed by atoms with E-state index in [1.807, 2.05) is 6.92 Å². The minimum atomic E-state index is -4.68. The van der Waals surface area contributed by atoms with E-state index in [2.05, 4.69) is 15.5 Å². The Morgan fingerprint density at radius 3 is 2.46 bits per heavy atom. The van der Waals surface area contributed by atoms with Gasteiger partial charge in [-0.25, -0.2) is 0 Å². The summed E-state index contributed by atoms with van der Waals surface area (Å²) in [4.78, 5) is 12.7. The first-order valence-electron chi connectivity index (χ1n) is 11.2. The Morgan fingerprint density at radius 2 is 1.77 bits per heavy atom. The normalized spacial score (nSPS) is 11.4. The van der Waals surface area contributed by atoms with Crippen LogP contribution < -0.4 is 44.7 Å². The van der Waals surface area contributed by atoms with Crippen molar-refractivity contribution in [3.63, 3.8) is 0 Å². The quantitative estimate of drug-likeness (QED) is 0.189. The molecule has 0 aromatic heterocycles. The van der Waals surface area contributed by atoms with Gasteiger partial charge in [-0.1, -0.05) is 53.2 Å². The molecule has 0 saturated carbocycles. The van der Waals surface area contributed by atoms with Crippen LogP contribution in [0.5, 0.6) is 11.5 Å². The number of carbonyl (C=O) groups excluding carboxylic acids is 1. The smallest absolute Gasteiger partial charge is 0.870 e. The van der Waals surface area contributed by atoms with Crippen LogP contribution in [-0.4, -0.2) is 25.5 Å². The fourth-order valence-corrected chi connectivity index (χ4v) is 4.67. The average molecular weight is 596 g/mol. The van der Waals surface area contributed by atoms with Crippen LogP contribution >= 0.6 is 23.2 Å². The van der Waals surface area contributed by atoms with Crippen molar-refractivity contribution in [2.45, 2.75) is 18.7 Å². The second kappa shape index (κ2) is 12.6. The Kier molecular flexibility index (Phi) is 10.0. The molecule has 4 rings (SSSR count). The molecule has 0 aliphatic rings. The summed E-state index contributed by atoms with van der Waals surface area (Å²) in [6, 6.07) is 15.2. The number of amides is 1. The molecule has 0 atom stereocenters. The van der Waals surface area contributed by atoms with Gasteiger partial charge in [0, 0.05) is 22.0 Å². The molecule has 4 aromatic carbocycles. The van der Waals surface area contributed by atoms with Crippen LogP contribution in [0.15, 0.2) is 75.8 Å². The first kappa shape index (κ1) is 30.8. The van der Waals surface area contributed by atoms with Gasteiger partial charge in [-0.05, 0) is 55.1 Å². The van der Waals surface area contributed by atoms with E-state index in [0.717, 1.165) is 6.07 Å². The van der Waals surface area contributed by atoms with Gasteiger partial charge in [-0.3, -0.25) is 9.35 Å². The van der Waals surface area contributed by atoms with Gasteiger partial charge in [0.2, 0.25) is 0 Å². The van der Waals surface area contributed by atoms with Gasteiger partial charge in [-0.2, -0.15) is 13.5 Å². The van der Waals surface area contributed by atoms with Crippen molar-refractivity contribution in [2.24, 2.45) is 10.2 Å². The molecule has 4 aromatic rings. The van der Waals surface area contributed by atoms with E-state index in [1.54, 1.807) is 43.3 Å². The Balaban J connectivity index is 0.00000420. The van der Waals surface area contributed by atoms with Crippen molar-refractivity contribution in [3.8, 4) is 11.5 Å². The fourth-order valence-electron chi connectivity index (χ4n) is 3.66. The number of ether oxygens (including phenoxy) is 1. The number of nitrogens with one attached hydrogen (secondary N) is 1. The Hall–Kier alpha value is -2.70. The number of anilines is 1. The van der Waals surface area contributed by atoms with Crippen molar-refractivity contribution in [1.29, 1.82) is 0 Å². The number of carbonyl (C=O) groups is 1. The van der Waals surface area contributed by atoms with Crippen molar-refractivity contribution in [3.05, 3.63) is 81.8 Å².